The fourth-order valence-electron chi connectivity index (χ4n) is 1.32. The van der Waals surface area contributed by atoms with Crippen molar-refractivity contribution >= 4 is 0 Å². The highest BCUT2D eigenvalue weighted by Crippen LogP contribution is 2.04. The third kappa shape index (κ3) is 7.10. The lowest BCUT2D eigenvalue weighted by Crippen LogP contribution is -2.32. The number of allylic oxidation sites excluding steroid dienone is 1. The maximum atomic E-state index is 5.98. The molecule has 1 atom stereocenters. The van der Waals surface area contributed by atoms with Gasteiger partial charge in [0.05, 0.1) is 0 Å². The van der Waals surface area contributed by atoms with Crippen molar-refractivity contribution in [3.63, 3.8) is 0 Å². The predicted octanol–water partition coefficient (Wildman–Crippen LogP) is 2.26. The summed E-state index contributed by atoms with van der Waals surface area (Å²) in [4.78, 5) is 2.35. The molecule has 0 aliphatic rings. The van der Waals surface area contributed by atoms with Crippen LogP contribution in [0.15, 0.2) is 12.7 Å². The third-order valence-electron chi connectivity index (χ3n) is 2.65. The Kier molecular flexibility index (Phi) is 7.81. The van der Waals surface area contributed by atoms with E-state index in [1.165, 1.54) is 6.42 Å². The fourth-order valence-corrected chi connectivity index (χ4v) is 1.32. The van der Waals surface area contributed by atoms with Crippen LogP contribution in [-0.2, 0) is 0 Å². The molecule has 14 heavy (non-hydrogen) atoms. The van der Waals surface area contributed by atoms with Gasteiger partial charge in [0.15, 0.2) is 0 Å². The van der Waals surface area contributed by atoms with E-state index < -0.39 is 0 Å². The normalized spacial score (nSPS) is 13.6. The third-order valence-corrected chi connectivity index (χ3v) is 2.65. The fraction of sp³-hybridized carbons (Fsp3) is 0.833. The van der Waals surface area contributed by atoms with Crippen molar-refractivity contribution in [2.45, 2.75) is 39.2 Å². The molecule has 0 fully saturated rings. The summed E-state index contributed by atoms with van der Waals surface area (Å²) in [7, 11) is 2.16. The summed E-state index contributed by atoms with van der Waals surface area (Å²) in [6.07, 6.45) is 5.40. The smallest absolute Gasteiger partial charge is 0.00740 e. The minimum atomic E-state index is 0.344. The van der Waals surface area contributed by atoms with Gasteiger partial charge in [-0.25, -0.2) is 0 Å². The van der Waals surface area contributed by atoms with Gasteiger partial charge in [0.25, 0.3) is 0 Å². The molecule has 0 saturated heterocycles. The topological polar surface area (TPSA) is 29.3 Å². The predicted molar refractivity (Wildman–Crippen MR) is 64.4 cm³/mol. The van der Waals surface area contributed by atoms with E-state index in [1.807, 2.05) is 6.08 Å². The molecule has 0 aliphatic heterocycles. The average Bonchev–Trinajstić information content (AvgIpc) is 2.14. The molecule has 0 aliphatic carbocycles. The van der Waals surface area contributed by atoms with Gasteiger partial charge in [0, 0.05) is 6.04 Å². The standard InChI is InChI=1S/C12H26N2/c1-5-6-7-9-14(4)10-8-12(13)11(2)3/h5,11-12H,1,6-10,13H2,2-4H3. The lowest BCUT2D eigenvalue weighted by atomic mass is 10.0. The van der Waals surface area contributed by atoms with Crippen LogP contribution in [0, 0.1) is 5.92 Å². The molecule has 0 heterocycles. The van der Waals surface area contributed by atoms with Gasteiger partial charge in [0.2, 0.25) is 0 Å². The zero-order valence-electron chi connectivity index (χ0n) is 10.00. The second kappa shape index (κ2) is 8.01. The highest BCUT2D eigenvalue weighted by atomic mass is 15.1. The van der Waals surface area contributed by atoms with Crippen LogP contribution in [0.4, 0.5) is 0 Å². The van der Waals surface area contributed by atoms with E-state index in [9.17, 15) is 0 Å². The first-order valence-electron chi connectivity index (χ1n) is 5.63. The molecule has 1 unspecified atom stereocenters. The molecule has 0 bridgehead atoms. The quantitative estimate of drug-likeness (QED) is 0.479. The highest BCUT2D eigenvalue weighted by molar-refractivity contribution is 4.69. The van der Waals surface area contributed by atoms with Gasteiger partial charge in [0.1, 0.15) is 0 Å². The van der Waals surface area contributed by atoms with Crippen LogP contribution >= 0.6 is 0 Å². The van der Waals surface area contributed by atoms with Gasteiger partial charge in [-0.2, -0.15) is 0 Å². The maximum absolute atomic E-state index is 5.98. The number of unbranched alkanes of at least 4 members (excludes halogenated alkanes) is 1. The largest absolute Gasteiger partial charge is 0.327 e. The van der Waals surface area contributed by atoms with Gasteiger partial charge >= 0.3 is 0 Å². The first-order valence-corrected chi connectivity index (χ1v) is 5.63. The van der Waals surface area contributed by atoms with Crippen LogP contribution < -0.4 is 5.73 Å². The number of hydrogen-bond acceptors (Lipinski definition) is 2. The Labute approximate surface area is 89.2 Å². The van der Waals surface area contributed by atoms with Crippen molar-refractivity contribution in [1.82, 2.24) is 4.90 Å². The average molecular weight is 198 g/mol. The molecular formula is C12H26N2. The molecular weight excluding hydrogens is 172 g/mol. The lowest BCUT2D eigenvalue weighted by Gasteiger charge is -2.21. The zero-order valence-corrected chi connectivity index (χ0v) is 10.00. The molecule has 0 aromatic carbocycles. The van der Waals surface area contributed by atoms with Gasteiger partial charge in [-0.1, -0.05) is 19.9 Å². The summed E-state index contributed by atoms with van der Waals surface area (Å²) in [6.45, 7) is 10.3. The summed E-state index contributed by atoms with van der Waals surface area (Å²) < 4.78 is 0. The Bertz CT molecular complexity index is 143. The van der Waals surface area contributed by atoms with E-state index in [1.54, 1.807) is 0 Å². The second-order valence-electron chi connectivity index (χ2n) is 4.43. The summed E-state index contributed by atoms with van der Waals surface area (Å²) >= 11 is 0. The van der Waals surface area contributed by atoms with Gasteiger partial charge in [-0.15, -0.1) is 6.58 Å². The molecule has 84 valence electrons. The Morgan fingerprint density at radius 2 is 2.00 bits per heavy atom. The minimum absolute atomic E-state index is 0.344. The van der Waals surface area contributed by atoms with Crippen molar-refractivity contribution in [3.05, 3.63) is 12.7 Å². The van der Waals surface area contributed by atoms with Crippen LogP contribution in [0.3, 0.4) is 0 Å². The number of rotatable bonds is 8. The van der Waals surface area contributed by atoms with Crippen molar-refractivity contribution < 1.29 is 0 Å². The van der Waals surface area contributed by atoms with E-state index in [0.717, 1.165) is 25.9 Å². The zero-order chi connectivity index (χ0) is 11.0. The van der Waals surface area contributed by atoms with Crippen molar-refractivity contribution in [2.24, 2.45) is 11.7 Å². The summed E-state index contributed by atoms with van der Waals surface area (Å²) in [6, 6.07) is 0.344. The van der Waals surface area contributed by atoms with E-state index >= 15 is 0 Å². The Morgan fingerprint density at radius 1 is 1.36 bits per heavy atom. The number of nitrogens with zero attached hydrogens (tertiary/aromatic N) is 1. The minimum Gasteiger partial charge on any atom is -0.327 e. The Balaban J connectivity index is 3.43. The van der Waals surface area contributed by atoms with Crippen molar-refractivity contribution in [1.29, 1.82) is 0 Å². The van der Waals surface area contributed by atoms with Gasteiger partial charge < -0.3 is 10.6 Å². The van der Waals surface area contributed by atoms with E-state index in [-0.39, 0.29) is 0 Å². The van der Waals surface area contributed by atoms with Crippen LogP contribution in [0.25, 0.3) is 0 Å². The summed E-state index contributed by atoms with van der Waals surface area (Å²) in [5.74, 6) is 0.594. The highest BCUT2D eigenvalue weighted by Gasteiger charge is 2.08. The molecule has 0 radical (unpaired) electrons. The molecule has 2 N–H and O–H groups in total. The SMILES string of the molecule is C=CCCCN(C)CCC(N)C(C)C. The molecule has 0 amide bonds. The number of nitrogens with two attached hydrogens (primary N) is 1. The van der Waals surface area contributed by atoms with Crippen molar-refractivity contribution in [2.75, 3.05) is 20.1 Å². The number of hydrogen-bond donors (Lipinski definition) is 1. The molecule has 2 nitrogen and oxygen atoms in total. The molecule has 0 saturated carbocycles. The van der Waals surface area contributed by atoms with E-state index in [0.29, 0.717) is 12.0 Å². The molecule has 0 rings (SSSR count). The van der Waals surface area contributed by atoms with Gasteiger partial charge in [-0.3, -0.25) is 0 Å². The van der Waals surface area contributed by atoms with Crippen LogP contribution in [-0.4, -0.2) is 31.1 Å². The van der Waals surface area contributed by atoms with Crippen molar-refractivity contribution in [3.8, 4) is 0 Å². The molecule has 0 aromatic rings. The molecule has 0 aromatic heterocycles. The van der Waals surface area contributed by atoms with Crippen LogP contribution in [0.2, 0.25) is 0 Å². The van der Waals surface area contributed by atoms with Crippen LogP contribution in [0.5, 0.6) is 0 Å². The first-order chi connectivity index (χ1) is 6.57. The van der Waals surface area contributed by atoms with Crippen LogP contribution in [0.1, 0.15) is 33.1 Å². The molecule has 0 spiro atoms. The molecule has 2 heteroatoms. The first kappa shape index (κ1) is 13.7. The summed E-state index contributed by atoms with van der Waals surface area (Å²) in [5, 5.41) is 0. The Morgan fingerprint density at radius 3 is 2.50 bits per heavy atom. The van der Waals surface area contributed by atoms with E-state index in [4.69, 9.17) is 5.73 Å². The lowest BCUT2D eigenvalue weighted by molar-refractivity contribution is 0.300. The second-order valence-corrected chi connectivity index (χ2v) is 4.43. The van der Waals surface area contributed by atoms with E-state index in [2.05, 4.69) is 32.4 Å². The monoisotopic (exact) mass is 198 g/mol. The maximum Gasteiger partial charge on any atom is 0.00740 e. The summed E-state index contributed by atoms with van der Waals surface area (Å²) in [5.41, 5.74) is 5.98. The Hall–Kier alpha value is -0.340. The van der Waals surface area contributed by atoms with Gasteiger partial charge in [-0.05, 0) is 45.3 Å².